The zero-order chi connectivity index (χ0) is 14.4. The Bertz CT molecular complexity index is 558. The zero-order valence-corrected chi connectivity index (χ0v) is 12.6. The molecule has 2 aromatic heterocycles. The van der Waals surface area contributed by atoms with Crippen LogP contribution in [0.25, 0.3) is 11.2 Å². The number of rotatable bonds is 7. The monoisotopic (exact) mass is 294 g/mol. The lowest BCUT2D eigenvalue weighted by molar-refractivity contribution is 0.303. The predicted octanol–water partition coefficient (Wildman–Crippen LogP) is 2.22. The molecule has 0 unspecified atom stereocenters. The van der Waals surface area contributed by atoms with E-state index in [4.69, 9.17) is 11.6 Å². The van der Waals surface area contributed by atoms with Crippen molar-refractivity contribution in [3.05, 3.63) is 17.5 Å². The summed E-state index contributed by atoms with van der Waals surface area (Å²) in [4.78, 5) is 19.1. The Morgan fingerprint density at radius 1 is 1.15 bits per heavy atom. The number of hydrogen-bond acceptors (Lipinski definition) is 6. The van der Waals surface area contributed by atoms with Gasteiger partial charge < -0.3 is 10.2 Å². The van der Waals surface area contributed by atoms with Crippen molar-refractivity contribution in [2.24, 2.45) is 0 Å². The fourth-order valence-electron chi connectivity index (χ4n) is 1.95. The molecule has 0 aliphatic rings. The molecule has 108 valence electrons. The minimum absolute atomic E-state index is 0.328. The second-order valence-electron chi connectivity index (χ2n) is 4.37. The predicted molar refractivity (Wildman–Crippen MR) is 81.0 cm³/mol. The molecule has 2 aromatic rings. The Kier molecular flexibility index (Phi) is 5.43. The van der Waals surface area contributed by atoms with Gasteiger partial charge in [0.05, 0.1) is 0 Å². The quantitative estimate of drug-likeness (QED) is 0.624. The van der Waals surface area contributed by atoms with Gasteiger partial charge in [0.25, 0.3) is 0 Å². The van der Waals surface area contributed by atoms with Gasteiger partial charge in [-0.05, 0) is 26.1 Å². The fourth-order valence-corrected chi connectivity index (χ4v) is 2.16. The van der Waals surface area contributed by atoms with Crippen LogP contribution in [0.15, 0.2) is 12.4 Å². The van der Waals surface area contributed by atoms with Gasteiger partial charge in [0.1, 0.15) is 5.52 Å². The minimum Gasteiger partial charge on any atom is -0.354 e. The third kappa shape index (κ3) is 3.74. The average molecular weight is 295 g/mol. The van der Waals surface area contributed by atoms with Gasteiger partial charge in [0.15, 0.2) is 10.8 Å². The number of aromatic nitrogens is 4. The number of nitrogens with zero attached hydrogens (tertiary/aromatic N) is 5. The second kappa shape index (κ2) is 7.31. The molecule has 7 heteroatoms. The Hall–Kier alpha value is -1.53. The Morgan fingerprint density at radius 3 is 2.65 bits per heavy atom. The third-order valence-corrected chi connectivity index (χ3v) is 3.38. The van der Waals surface area contributed by atoms with Crippen LogP contribution in [-0.2, 0) is 0 Å². The van der Waals surface area contributed by atoms with Crippen LogP contribution in [0, 0.1) is 0 Å². The number of hydrogen-bond donors (Lipinski definition) is 1. The molecule has 0 atom stereocenters. The van der Waals surface area contributed by atoms with Gasteiger partial charge in [-0.1, -0.05) is 25.4 Å². The summed E-state index contributed by atoms with van der Waals surface area (Å²) in [7, 11) is 0. The first-order valence-electron chi connectivity index (χ1n) is 6.85. The maximum atomic E-state index is 6.07. The van der Waals surface area contributed by atoms with Crippen molar-refractivity contribution in [2.45, 2.75) is 20.3 Å². The van der Waals surface area contributed by atoms with Gasteiger partial charge in [-0.25, -0.2) is 9.97 Å². The molecular weight excluding hydrogens is 276 g/mol. The third-order valence-electron chi connectivity index (χ3n) is 3.12. The van der Waals surface area contributed by atoms with E-state index in [1.165, 1.54) is 0 Å². The highest BCUT2D eigenvalue weighted by Crippen LogP contribution is 2.17. The van der Waals surface area contributed by atoms with Crippen LogP contribution in [-0.4, -0.2) is 51.0 Å². The van der Waals surface area contributed by atoms with Crippen molar-refractivity contribution in [1.29, 1.82) is 0 Å². The maximum Gasteiger partial charge on any atom is 0.226 e. The van der Waals surface area contributed by atoms with Crippen LogP contribution in [0.2, 0.25) is 5.15 Å². The molecule has 0 aliphatic heterocycles. The first-order valence-corrected chi connectivity index (χ1v) is 7.22. The molecule has 0 saturated heterocycles. The molecule has 0 saturated carbocycles. The normalized spacial score (nSPS) is 11.2. The van der Waals surface area contributed by atoms with Crippen molar-refractivity contribution >= 4 is 28.7 Å². The number of fused-ring (bicyclic) bond motifs is 1. The molecule has 0 bridgehead atoms. The van der Waals surface area contributed by atoms with E-state index in [-0.39, 0.29) is 0 Å². The summed E-state index contributed by atoms with van der Waals surface area (Å²) in [5, 5.41) is 3.51. The molecule has 0 radical (unpaired) electrons. The number of nitrogens with one attached hydrogen (secondary N) is 1. The van der Waals surface area contributed by atoms with Crippen LogP contribution in [0.3, 0.4) is 0 Å². The molecule has 2 heterocycles. The number of anilines is 1. The van der Waals surface area contributed by atoms with Crippen LogP contribution in [0.4, 0.5) is 5.95 Å². The van der Waals surface area contributed by atoms with Crippen molar-refractivity contribution in [2.75, 3.05) is 31.5 Å². The standard InChI is InChI=1S/C13H19ClN6/c1-3-20(4-2)9-5-6-17-13-18-11(14)10-12(19-13)16-8-7-15-10/h7-8H,3-6,9H2,1-2H3,(H,16,17,18,19). The van der Waals surface area contributed by atoms with Gasteiger partial charge >= 0.3 is 0 Å². The lowest BCUT2D eigenvalue weighted by atomic mass is 10.3. The van der Waals surface area contributed by atoms with Gasteiger partial charge in [-0.15, -0.1) is 0 Å². The molecule has 1 N–H and O–H groups in total. The summed E-state index contributed by atoms with van der Waals surface area (Å²) < 4.78 is 0. The molecule has 0 spiro atoms. The summed E-state index contributed by atoms with van der Waals surface area (Å²) in [5.41, 5.74) is 1.04. The minimum atomic E-state index is 0.328. The van der Waals surface area contributed by atoms with Gasteiger partial charge in [-0.2, -0.15) is 9.97 Å². The van der Waals surface area contributed by atoms with E-state index in [1.54, 1.807) is 12.4 Å². The molecule has 0 amide bonds. The molecule has 6 nitrogen and oxygen atoms in total. The van der Waals surface area contributed by atoms with Crippen molar-refractivity contribution in [3.63, 3.8) is 0 Å². The van der Waals surface area contributed by atoms with E-state index in [0.717, 1.165) is 32.6 Å². The van der Waals surface area contributed by atoms with Crippen molar-refractivity contribution in [3.8, 4) is 0 Å². The molecule has 2 rings (SSSR count). The molecule has 0 fully saturated rings. The summed E-state index contributed by atoms with van der Waals surface area (Å²) in [5.74, 6) is 0.502. The second-order valence-corrected chi connectivity index (χ2v) is 4.73. The smallest absolute Gasteiger partial charge is 0.226 e. The van der Waals surface area contributed by atoms with E-state index in [9.17, 15) is 0 Å². The Labute approximate surface area is 123 Å². The van der Waals surface area contributed by atoms with Crippen LogP contribution in [0.5, 0.6) is 0 Å². The summed E-state index contributed by atoms with van der Waals surface area (Å²) in [6.07, 6.45) is 4.20. The van der Waals surface area contributed by atoms with Crippen LogP contribution < -0.4 is 5.32 Å². The largest absolute Gasteiger partial charge is 0.354 e. The molecule has 20 heavy (non-hydrogen) atoms. The summed E-state index contributed by atoms with van der Waals surface area (Å²) in [6.45, 7) is 8.35. The van der Waals surface area contributed by atoms with E-state index in [0.29, 0.717) is 22.3 Å². The van der Waals surface area contributed by atoms with E-state index < -0.39 is 0 Å². The van der Waals surface area contributed by atoms with Gasteiger partial charge in [-0.3, -0.25) is 0 Å². The lowest BCUT2D eigenvalue weighted by Crippen LogP contribution is -2.25. The van der Waals surface area contributed by atoms with Crippen molar-refractivity contribution in [1.82, 2.24) is 24.8 Å². The zero-order valence-electron chi connectivity index (χ0n) is 11.8. The van der Waals surface area contributed by atoms with Gasteiger partial charge in [0.2, 0.25) is 5.95 Å². The first kappa shape index (κ1) is 14.9. The van der Waals surface area contributed by atoms with E-state index in [2.05, 4.69) is 44.0 Å². The lowest BCUT2D eigenvalue weighted by Gasteiger charge is -2.17. The molecule has 0 aliphatic carbocycles. The Balaban J connectivity index is 1.93. The molecular formula is C13H19ClN6. The SMILES string of the molecule is CCN(CC)CCCNc1nc(Cl)c2nccnc2n1. The van der Waals surface area contributed by atoms with E-state index >= 15 is 0 Å². The van der Waals surface area contributed by atoms with Crippen LogP contribution >= 0.6 is 11.6 Å². The molecule has 0 aromatic carbocycles. The maximum absolute atomic E-state index is 6.07. The van der Waals surface area contributed by atoms with Gasteiger partial charge in [0, 0.05) is 18.9 Å². The van der Waals surface area contributed by atoms with Crippen LogP contribution in [0.1, 0.15) is 20.3 Å². The van der Waals surface area contributed by atoms with Crippen molar-refractivity contribution < 1.29 is 0 Å². The highest BCUT2D eigenvalue weighted by molar-refractivity contribution is 6.33. The first-order chi connectivity index (χ1) is 9.74. The average Bonchev–Trinajstić information content (AvgIpc) is 2.47. The topological polar surface area (TPSA) is 66.8 Å². The van der Waals surface area contributed by atoms with E-state index in [1.807, 2.05) is 0 Å². The fraction of sp³-hybridized carbons (Fsp3) is 0.538. The summed E-state index contributed by atoms with van der Waals surface area (Å²) in [6, 6.07) is 0. The highest BCUT2D eigenvalue weighted by Gasteiger charge is 2.07. The number of halogens is 1. The summed E-state index contributed by atoms with van der Waals surface area (Å²) >= 11 is 6.07. The Morgan fingerprint density at radius 2 is 1.90 bits per heavy atom. The highest BCUT2D eigenvalue weighted by atomic mass is 35.5.